The molecule has 0 spiro atoms. The molecule has 31 heavy (non-hydrogen) atoms. The standard InChI is InChI=1S/C26H27N3S2/c1-15-7-11-18(12-8-15)24-27-21-20(17-5-3-4-6-17)22-23(29-26(21)31-24)28-25(30-22)19-13-9-16(2)10-14-19/h3-4,7-14,17,20-23,26,29H,5-6H2,1-2H3. The molecular weight excluding hydrogens is 418 g/mol. The van der Waals surface area contributed by atoms with Crippen molar-refractivity contribution in [2.75, 3.05) is 0 Å². The van der Waals surface area contributed by atoms with Gasteiger partial charge in [-0.05, 0) is 32.6 Å². The van der Waals surface area contributed by atoms with Crippen molar-refractivity contribution in [1.82, 2.24) is 5.32 Å². The van der Waals surface area contributed by atoms with E-state index in [-0.39, 0.29) is 6.17 Å². The number of thioether (sulfide) groups is 2. The van der Waals surface area contributed by atoms with Gasteiger partial charge in [-0.2, -0.15) is 0 Å². The van der Waals surface area contributed by atoms with E-state index in [2.05, 4.69) is 79.8 Å². The molecule has 0 radical (unpaired) electrons. The number of fused-ring (bicyclic) bond motifs is 2. The first-order valence-electron chi connectivity index (χ1n) is 11.2. The van der Waals surface area contributed by atoms with Crippen LogP contribution in [0.15, 0.2) is 70.7 Å². The Bertz CT molecular complexity index is 1060. The van der Waals surface area contributed by atoms with E-state index >= 15 is 0 Å². The maximum Gasteiger partial charge on any atom is 0.114 e. The third-order valence-corrected chi connectivity index (χ3v) is 9.57. The van der Waals surface area contributed by atoms with Crippen molar-refractivity contribution in [3.63, 3.8) is 0 Å². The van der Waals surface area contributed by atoms with Gasteiger partial charge in [0.05, 0.1) is 21.7 Å². The summed E-state index contributed by atoms with van der Waals surface area (Å²) in [6.45, 7) is 4.28. The smallest absolute Gasteiger partial charge is 0.114 e. The zero-order valence-corrected chi connectivity index (χ0v) is 19.5. The summed E-state index contributed by atoms with van der Waals surface area (Å²) in [7, 11) is 0. The minimum absolute atomic E-state index is 0.174. The van der Waals surface area contributed by atoms with Gasteiger partial charge in [0.1, 0.15) is 11.2 Å². The molecule has 1 fully saturated rings. The van der Waals surface area contributed by atoms with Crippen LogP contribution in [0.25, 0.3) is 0 Å². The number of allylic oxidation sites excluding steroid dienone is 2. The lowest BCUT2D eigenvalue weighted by Crippen LogP contribution is -2.58. The molecule has 2 aromatic rings. The van der Waals surface area contributed by atoms with Gasteiger partial charge < -0.3 is 0 Å². The van der Waals surface area contributed by atoms with Crippen LogP contribution in [0.4, 0.5) is 0 Å². The first kappa shape index (κ1) is 19.8. The van der Waals surface area contributed by atoms with Gasteiger partial charge in [0.2, 0.25) is 0 Å². The number of nitrogens with zero attached hydrogens (tertiary/aromatic N) is 2. The highest BCUT2D eigenvalue weighted by Crippen LogP contribution is 2.50. The monoisotopic (exact) mass is 445 g/mol. The molecule has 5 atom stereocenters. The molecule has 0 bridgehead atoms. The number of aliphatic imine (C=N–C) groups is 2. The Morgan fingerprint density at radius 1 is 0.774 bits per heavy atom. The van der Waals surface area contributed by atoms with E-state index in [0.29, 0.717) is 28.5 Å². The van der Waals surface area contributed by atoms with E-state index in [1.807, 2.05) is 23.5 Å². The Hall–Kier alpha value is -1.82. The van der Waals surface area contributed by atoms with Crippen LogP contribution in [0.1, 0.15) is 35.1 Å². The summed E-state index contributed by atoms with van der Waals surface area (Å²) in [5, 5.41) is 7.00. The van der Waals surface area contributed by atoms with Gasteiger partial charge in [0.25, 0.3) is 0 Å². The molecule has 1 aliphatic carbocycles. The van der Waals surface area contributed by atoms with Gasteiger partial charge in [-0.1, -0.05) is 95.3 Å². The Morgan fingerprint density at radius 3 is 1.97 bits per heavy atom. The van der Waals surface area contributed by atoms with Crippen LogP contribution in [0, 0.1) is 25.7 Å². The molecule has 0 aromatic heterocycles. The van der Waals surface area contributed by atoms with Gasteiger partial charge in [0.15, 0.2) is 0 Å². The molecule has 3 nitrogen and oxygen atoms in total. The Kier molecular flexibility index (Phi) is 5.09. The summed E-state index contributed by atoms with van der Waals surface area (Å²) < 4.78 is 0. The molecule has 0 saturated carbocycles. The van der Waals surface area contributed by atoms with E-state index in [0.717, 1.165) is 0 Å². The second-order valence-electron chi connectivity index (χ2n) is 9.10. The van der Waals surface area contributed by atoms with Crippen LogP contribution in [-0.2, 0) is 0 Å². The second kappa shape index (κ2) is 7.95. The number of piperidine rings is 1. The summed E-state index contributed by atoms with van der Waals surface area (Å²) in [6, 6.07) is 17.9. The Labute approximate surface area is 192 Å². The summed E-state index contributed by atoms with van der Waals surface area (Å²) >= 11 is 3.88. The van der Waals surface area contributed by atoms with Crippen molar-refractivity contribution in [2.45, 2.75) is 49.5 Å². The SMILES string of the molecule is Cc1ccc(C2=NC3C(NC4N=C(c5ccc(C)cc5)SC4C3C3CC=CC3)S2)cc1. The highest BCUT2D eigenvalue weighted by atomic mass is 32.2. The summed E-state index contributed by atoms with van der Waals surface area (Å²) in [5.74, 6) is 1.21. The van der Waals surface area contributed by atoms with Crippen molar-refractivity contribution in [3.05, 3.63) is 82.9 Å². The van der Waals surface area contributed by atoms with Crippen LogP contribution >= 0.6 is 23.5 Å². The fourth-order valence-corrected chi connectivity index (χ4v) is 8.03. The molecule has 6 rings (SSSR count). The van der Waals surface area contributed by atoms with Crippen LogP contribution in [-0.4, -0.2) is 32.9 Å². The zero-order valence-electron chi connectivity index (χ0n) is 17.9. The minimum atomic E-state index is 0.174. The maximum atomic E-state index is 5.33. The van der Waals surface area contributed by atoms with Crippen LogP contribution < -0.4 is 5.32 Å². The first-order valence-corrected chi connectivity index (χ1v) is 13.0. The van der Waals surface area contributed by atoms with Crippen LogP contribution in [0.2, 0.25) is 0 Å². The number of hydrogen-bond acceptors (Lipinski definition) is 5. The molecule has 5 unspecified atom stereocenters. The number of benzene rings is 2. The number of nitrogens with one attached hydrogen (secondary N) is 1. The second-order valence-corrected chi connectivity index (χ2v) is 11.4. The lowest BCUT2D eigenvalue weighted by atomic mass is 9.78. The van der Waals surface area contributed by atoms with E-state index in [1.165, 1.54) is 45.2 Å². The van der Waals surface area contributed by atoms with Crippen molar-refractivity contribution >= 4 is 33.6 Å². The first-order chi connectivity index (χ1) is 15.2. The topological polar surface area (TPSA) is 36.8 Å². The fourth-order valence-electron chi connectivity index (χ4n) is 5.23. The van der Waals surface area contributed by atoms with Crippen LogP contribution in [0.3, 0.4) is 0 Å². The normalized spacial score (nSPS) is 32.0. The van der Waals surface area contributed by atoms with Gasteiger partial charge in [-0.3, -0.25) is 15.3 Å². The summed E-state index contributed by atoms with van der Waals surface area (Å²) in [6.07, 6.45) is 7.26. The number of rotatable bonds is 3. The van der Waals surface area contributed by atoms with Gasteiger partial charge in [-0.15, -0.1) is 0 Å². The van der Waals surface area contributed by atoms with Crippen molar-refractivity contribution < 1.29 is 0 Å². The minimum Gasteiger partial charge on any atom is -0.281 e. The lowest BCUT2D eigenvalue weighted by molar-refractivity contribution is 0.204. The Balaban J connectivity index is 1.31. The molecule has 5 heteroatoms. The average Bonchev–Trinajstić information content (AvgIpc) is 3.52. The molecule has 2 aromatic carbocycles. The number of hydrogen-bond donors (Lipinski definition) is 1. The van der Waals surface area contributed by atoms with Gasteiger partial charge in [0, 0.05) is 17.0 Å². The summed E-state index contributed by atoms with van der Waals surface area (Å²) in [4.78, 5) is 10.5. The predicted octanol–water partition coefficient (Wildman–Crippen LogP) is 5.57. The van der Waals surface area contributed by atoms with Crippen molar-refractivity contribution in [3.8, 4) is 0 Å². The molecule has 3 heterocycles. The lowest BCUT2D eigenvalue weighted by Gasteiger charge is -2.42. The van der Waals surface area contributed by atoms with E-state index in [9.17, 15) is 0 Å². The van der Waals surface area contributed by atoms with Crippen molar-refractivity contribution in [2.24, 2.45) is 21.8 Å². The third-order valence-electron chi connectivity index (χ3n) is 6.92. The third kappa shape index (κ3) is 3.61. The maximum absolute atomic E-state index is 5.33. The van der Waals surface area contributed by atoms with Gasteiger partial charge >= 0.3 is 0 Å². The molecule has 4 aliphatic rings. The quantitative estimate of drug-likeness (QED) is 0.628. The molecule has 3 aliphatic heterocycles. The predicted molar refractivity (Wildman–Crippen MR) is 134 cm³/mol. The Morgan fingerprint density at radius 2 is 1.35 bits per heavy atom. The van der Waals surface area contributed by atoms with E-state index in [4.69, 9.17) is 9.98 Å². The highest BCUT2D eigenvalue weighted by Gasteiger charge is 2.53. The fraction of sp³-hybridized carbons (Fsp3) is 0.385. The van der Waals surface area contributed by atoms with E-state index < -0.39 is 0 Å². The van der Waals surface area contributed by atoms with Crippen LogP contribution in [0.5, 0.6) is 0 Å². The molecule has 158 valence electrons. The number of aryl methyl sites for hydroxylation is 2. The van der Waals surface area contributed by atoms with E-state index in [1.54, 1.807) is 0 Å². The van der Waals surface area contributed by atoms with Gasteiger partial charge in [-0.25, -0.2) is 0 Å². The molecule has 1 N–H and O–H groups in total. The average molecular weight is 446 g/mol. The highest BCUT2D eigenvalue weighted by molar-refractivity contribution is 8.15. The molecule has 1 saturated heterocycles. The van der Waals surface area contributed by atoms with Crippen molar-refractivity contribution in [1.29, 1.82) is 0 Å². The zero-order chi connectivity index (χ0) is 20.9. The largest absolute Gasteiger partial charge is 0.281 e. The summed E-state index contributed by atoms with van der Waals surface area (Å²) in [5.41, 5.74) is 5.08. The molecule has 0 amide bonds. The molecular formula is C26H27N3S2.